The normalized spacial score (nSPS) is 14.0. The Kier molecular flexibility index (Phi) is 2.13. The molecule has 0 saturated heterocycles. The summed E-state index contributed by atoms with van der Waals surface area (Å²) in [5.41, 5.74) is 3.83. The van der Waals surface area contributed by atoms with E-state index in [0.717, 1.165) is 6.42 Å². The third kappa shape index (κ3) is 1.47. The van der Waals surface area contributed by atoms with Gasteiger partial charge in [-0.15, -0.1) is 0 Å². The lowest BCUT2D eigenvalue weighted by molar-refractivity contribution is 1.38. The molecule has 1 aliphatic carbocycles. The van der Waals surface area contributed by atoms with Gasteiger partial charge in [-0.3, -0.25) is 0 Å². The highest BCUT2D eigenvalue weighted by molar-refractivity contribution is 6.11. The van der Waals surface area contributed by atoms with Crippen molar-refractivity contribution < 1.29 is 0 Å². The third-order valence-electron chi connectivity index (χ3n) is 4.00. The van der Waals surface area contributed by atoms with Crippen LogP contribution in [-0.2, 0) is 0 Å². The molecule has 0 atom stereocenters. The Morgan fingerprint density at radius 1 is 0.789 bits per heavy atom. The van der Waals surface area contributed by atoms with E-state index in [1.807, 2.05) is 0 Å². The maximum atomic E-state index is 4.17. The van der Waals surface area contributed by atoms with Gasteiger partial charge in [-0.05, 0) is 44.7 Å². The average Bonchev–Trinajstić information content (AvgIpc) is 2.47. The molecule has 19 heavy (non-hydrogen) atoms. The summed E-state index contributed by atoms with van der Waals surface area (Å²) in [5, 5.41) is 5.28. The minimum atomic E-state index is 0.964. The van der Waals surface area contributed by atoms with Gasteiger partial charge < -0.3 is 0 Å². The van der Waals surface area contributed by atoms with Crippen molar-refractivity contribution in [1.82, 2.24) is 0 Å². The highest BCUT2D eigenvalue weighted by atomic mass is 14.2. The molecule has 0 radical (unpaired) electrons. The van der Waals surface area contributed by atoms with E-state index in [1.165, 1.54) is 38.2 Å². The quantitative estimate of drug-likeness (QED) is 0.461. The fraction of sp³-hybridized carbons (Fsp3) is 0.0526. The van der Waals surface area contributed by atoms with Gasteiger partial charge in [0.05, 0.1) is 0 Å². The van der Waals surface area contributed by atoms with Crippen LogP contribution in [0, 0.1) is 0 Å². The molecule has 0 bridgehead atoms. The van der Waals surface area contributed by atoms with Gasteiger partial charge in [0.1, 0.15) is 0 Å². The van der Waals surface area contributed by atoms with E-state index in [1.54, 1.807) is 0 Å². The van der Waals surface area contributed by atoms with Gasteiger partial charge in [-0.2, -0.15) is 0 Å². The van der Waals surface area contributed by atoms with Crippen LogP contribution in [0.25, 0.3) is 33.2 Å². The van der Waals surface area contributed by atoms with E-state index in [2.05, 4.69) is 67.3 Å². The molecule has 90 valence electrons. The van der Waals surface area contributed by atoms with E-state index < -0.39 is 0 Å². The second-order valence-corrected chi connectivity index (χ2v) is 5.12. The number of fused-ring (bicyclic) bond motifs is 5. The first-order valence-electron chi connectivity index (χ1n) is 6.64. The van der Waals surface area contributed by atoms with Crippen molar-refractivity contribution in [3.8, 4) is 0 Å². The Balaban J connectivity index is 2.20. The summed E-state index contributed by atoms with van der Waals surface area (Å²) in [6.07, 6.45) is 5.41. The lowest BCUT2D eigenvalue weighted by Crippen LogP contribution is -1.93. The van der Waals surface area contributed by atoms with Gasteiger partial charge in [0, 0.05) is 0 Å². The molecule has 0 heteroatoms. The summed E-state index contributed by atoms with van der Waals surface area (Å²) in [7, 11) is 0. The van der Waals surface area contributed by atoms with E-state index in [0.29, 0.717) is 0 Å². The van der Waals surface area contributed by atoms with Gasteiger partial charge in [-0.25, -0.2) is 0 Å². The van der Waals surface area contributed by atoms with Gasteiger partial charge >= 0.3 is 0 Å². The van der Waals surface area contributed by atoms with Crippen molar-refractivity contribution in [2.24, 2.45) is 0 Å². The molecule has 0 unspecified atom stereocenters. The van der Waals surface area contributed by atoms with E-state index >= 15 is 0 Å². The molecule has 4 rings (SSSR count). The number of allylic oxidation sites excluding steroid dienone is 2. The third-order valence-corrected chi connectivity index (χ3v) is 4.00. The molecule has 1 aliphatic rings. The van der Waals surface area contributed by atoms with Crippen molar-refractivity contribution in [3.63, 3.8) is 0 Å². The predicted molar refractivity (Wildman–Crippen MR) is 84.1 cm³/mol. The fourth-order valence-corrected chi connectivity index (χ4v) is 3.03. The minimum absolute atomic E-state index is 0.964. The standard InChI is InChI=1S/C19H14/c1-13-5-4-8-17-15(13)11-12-18-16-7-3-2-6-14(16)9-10-19(17)18/h2-4,6-12H,1,5H2. The highest BCUT2D eigenvalue weighted by Gasteiger charge is 2.12. The Bertz CT molecular complexity index is 850. The van der Waals surface area contributed by atoms with Gasteiger partial charge in [0.15, 0.2) is 0 Å². The van der Waals surface area contributed by atoms with Gasteiger partial charge in [0.25, 0.3) is 0 Å². The highest BCUT2D eigenvalue weighted by Crippen LogP contribution is 2.35. The van der Waals surface area contributed by atoms with Crippen molar-refractivity contribution in [2.75, 3.05) is 0 Å². The number of hydrogen-bond donors (Lipinski definition) is 0. The molecule has 3 aromatic carbocycles. The summed E-state index contributed by atoms with van der Waals surface area (Å²) in [6.45, 7) is 4.17. The largest absolute Gasteiger partial charge is 0.0949 e. The summed E-state index contributed by atoms with van der Waals surface area (Å²) >= 11 is 0. The molecule has 0 aromatic heterocycles. The van der Waals surface area contributed by atoms with Crippen LogP contribution in [0.15, 0.2) is 61.2 Å². The summed E-state index contributed by atoms with van der Waals surface area (Å²) < 4.78 is 0. The number of hydrogen-bond acceptors (Lipinski definition) is 0. The molecule has 0 amide bonds. The van der Waals surface area contributed by atoms with Crippen molar-refractivity contribution >= 4 is 33.2 Å². The van der Waals surface area contributed by atoms with Crippen LogP contribution in [0.1, 0.15) is 17.5 Å². The molecule has 0 aliphatic heterocycles. The molecule has 0 saturated carbocycles. The lowest BCUT2D eigenvalue weighted by atomic mass is 9.88. The van der Waals surface area contributed by atoms with Gasteiger partial charge in [0.2, 0.25) is 0 Å². The second-order valence-electron chi connectivity index (χ2n) is 5.12. The summed E-state index contributed by atoms with van der Waals surface area (Å²) in [5.74, 6) is 0. The first-order valence-corrected chi connectivity index (χ1v) is 6.64. The van der Waals surface area contributed by atoms with Crippen molar-refractivity contribution in [3.05, 3.63) is 72.3 Å². The Morgan fingerprint density at radius 3 is 2.58 bits per heavy atom. The van der Waals surface area contributed by atoms with Crippen LogP contribution in [0.3, 0.4) is 0 Å². The SMILES string of the molecule is C=C1CC=Cc2c1ccc1c2ccc2ccccc21. The smallest absolute Gasteiger partial charge is 0.00938 e. The monoisotopic (exact) mass is 242 g/mol. The van der Waals surface area contributed by atoms with Crippen LogP contribution in [-0.4, -0.2) is 0 Å². The van der Waals surface area contributed by atoms with E-state index in [4.69, 9.17) is 0 Å². The molecular formula is C19H14. The lowest BCUT2D eigenvalue weighted by Gasteiger charge is -2.16. The Morgan fingerprint density at radius 2 is 1.63 bits per heavy atom. The molecule has 0 N–H and O–H groups in total. The molecule has 0 spiro atoms. The zero-order valence-electron chi connectivity index (χ0n) is 10.7. The predicted octanol–water partition coefficient (Wildman–Crippen LogP) is 5.42. The number of rotatable bonds is 0. The van der Waals surface area contributed by atoms with Crippen LogP contribution < -0.4 is 0 Å². The van der Waals surface area contributed by atoms with Crippen molar-refractivity contribution in [1.29, 1.82) is 0 Å². The van der Waals surface area contributed by atoms with Crippen LogP contribution in [0.2, 0.25) is 0 Å². The maximum Gasteiger partial charge on any atom is -0.00938 e. The fourth-order valence-electron chi connectivity index (χ4n) is 3.03. The van der Waals surface area contributed by atoms with E-state index in [-0.39, 0.29) is 0 Å². The molecule has 0 heterocycles. The van der Waals surface area contributed by atoms with Crippen molar-refractivity contribution in [2.45, 2.75) is 6.42 Å². The zero-order valence-corrected chi connectivity index (χ0v) is 10.7. The molecule has 0 fully saturated rings. The average molecular weight is 242 g/mol. The topological polar surface area (TPSA) is 0 Å². The van der Waals surface area contributed by atoms with Gasteiger partial charge in [-0.1, -0.05) is 67.3 Å². The second kappa shape index (κ2) is 3.83. The van der Waals surface area contributed by atoms with E-state index in [9.17, 15) is 0 Å². The van der Waals surface area contributed by atoms with Crippen LogP contribution in [0.4, 0.5) is 0 Å². The Hall–Kier alpha value is -2.34. The summed E-state index contributed by atoms with van der Waals surface area (Å²) in [6, 6.07) is 17.5. The minimum Gasteiger partial charge on any atom is -0.0949 e. The summed E-state index contributed by atoms with van der Waals surface area (Å²) in [4.78, 5) is 0. The molecule has 0 nitrogen and oxygen atoms in total. The molecular weight excluding hydrogens is 228 g/mol. The Labute approximate surface area is 112 Å². The van der Waals surface area contributed by atoms with Crippen LogP contribution in [0.5, 0.6) is 0 Å². The maximum absolute atomic E-state index is 4.17. The number of benzene rings is 3. The first kappa shape index (κ1) is 10.6. The molecule has 3 aromatic rings. The zero-order chi connectivity index (χ0) is 12.8. The first-order chi connectivity index (χ1) is 9.34. The van der Waals surface area contributed by atoms with Crippen LogP contribution >= 0.6 is 0 Å².